The van der Waals surface area contributed by atoms with Gasteiger partial charge in [0.1, 0.15) is 11.4 Å². The zero-order chi connectivity index (χ0) is 17.6. The Labute approximate surface area is 145 Å². The van der Waals surface area contributed by atoms with E-state index in [4.69, 9.17) is 4.74 Å². The van der Waals surface area contributed by atoms with Crippen molar-refractivity contribution in [3.8, 4) is 5.75 Å². The highest BCUT2D eigenvalue weighted by Gasteiger charge is 2.14. The van der Waals surface area contributed by atoms with Crippen molar-refractivity contribution >= 4 is 16.7 Å². The molecule has 1 aromatic heterocycles. The van der Waals surface area contributed by atoms with Crippen molar-refractivity contribution in [2.45, 2.75) is 6.42 Å². The van der Waals surface area contributed by atoms with E-state index in [1.807, 2.05) is 42.5 Å². The minimum Gasteiger partial charge on any atom is -0.494 e. The summed E-state index contributed by atoms with van der Waals surface area (Å²) >= 11 is 0. The van der Waals surface area contributed by atoms with Crippen LogP contribution in [-0.4, -0.2) is 36.0 Å². The van der Waals surface area contributed by atoms with E-state index >= 15 is 0 Å². The van der Waals surface area contributed by atoms with Crippen LogP contribution in [0.1, 0.15) is 16.9 Å². The quantitative estimate of drug-likeness (QED) is 0.704. The molecule has 0 atom stereocenters. The van der Waals surface area contributed by atoms with Gasteiger partial charge in [-0.1, -0.05) is 36.4 Å². The summed E-state index contributed by atoms with van der Waals surface area (Å²) in [5.74, 6) is 0.609. The molecule has 3 aromatic rings. The van der Waals surface area contributed by atoms with E-state index in [9.17, 15) is 9.59 Å². The molecule has 0 fully saturated rings. The third-order valence-electron chi connectivity index (χ3n) is 3.98. The van der Waals surface area contributed by atoms with Crippen LogP contribution in [0, 0.1) is 0 Å². The summed E-state index contributed by atoms with van der Waals surface area (Å²) in [5, 5.41) is 1.34. The number of hydrogen-bond donors (Lipinski definition) is 1. The van der Waals surface area contributed by atoms with Crippen LogP contribution in [-0.2, 0) is 0 Å². The summed E-state index contributed by atoms with van der Waals surface area (Å²) in [7, 11) is 1.72. The molecule has 0 aliphatic carbocycles. The zero-order valence-corrected chi connectivity index (χ0v) is 14.1. The minimum absolute atomic E-state index is 0.206. The van der Waals surface area contributed by atoms with E-state index in [0.717, 1.165) is 11.1 Å². The van der Waals surface area contributed by atoms with Crippen LogP contribution < -0.4 is 10.3 Å². The average molecular weight is 336 g/mol. The number of para-hydroxylation sites is 1. The van der Waals surface area contributed by atoms with Crippen LogP contribution in [0.4, 0.5) is 0 Å². The molecule has 1 heterocycles. The van der Waals surface area contributed by atoms with Crippen LogP contribution in [0.2, 0.25) is 0 Å². The largest absolute Gasteiger partial charge is 0.494 e. The number of fused-ring (bicyclic) bond motifs is 1. The summed E-state index contributed by atoms with van der Waals surface area (Å²) in [6, 6.07) is 18.5. The van der Waals surface area contributed by atoms with Gasteiger partial charge in [-0.2, -0.15) is 0 Å². The van der Waals surface area contributed by atoms with Gasteiger partial charge in [0.05, 0.1) is 6.61 Å². The Kier molecular flexibility index (Phi) is 5.14. The number of nitrogens with one attached hydrogen (secondary N) is 1. The SMILES string of the molecule is CN(CCCOc1ccccc1)C(=O)c1cc2ccccc2c(=O)[nH]1. The fraction of sp³-hybridized carbons (Fsp3) is 0.200. The number of pyridine rings is 1. The van der Waals surface area contributed by atoms with Gasteiger partial charge in [0, 0.05) is 19.0 Å². The standard InChI is InChI=1S/C20H20N2O3/c1-22(12-7-13-25-16-9-3-2-4-10-16)20(24)18-14-15-8-5-6-11-17(15)19(23)21-18/h2-6,8-11,14H,7,12-13H2,1H3,(H,21,23). The molecule has 0 aliphatic heterocycles. The lowest BCUT2D eigenvalue weighted by Crippen LogP contribution is -2.30. The van der Waals surface area contributed by atoms with Gasteiger partial charge in [-0.05, 0) is 36.1 Å². The molecule has 128 valence electrons. The Balaban J connectivity index is 1.60. The number of H-pyrrole nitrogens is 1. The molecule has 5 nitrogen and oxygen atoms in total. The van der Waals surface area contributed by atoms with Crippen molar-refractivity contribution in [2.75, 3.05) is 20.2 Å². The maximum absolute atomic E-state index is 12.5. The Bertz CT molecular complexity index is 919. The molecular formula is C20H20N2O3. The Morgan fingerprint density at radius 3 is 2.60 bits per heavy atom. The summed E-state index contributed by atoms with van der Waals surface area (Å²) in [6.45, 7) is 1.07. The number of ether oxygens (including phenoxy) is 1. The number of amides is 1. The van der Waals surface area contributed by atoms with Crippen molar-refractivity contribution in [1.29, 1.82) is 0 Å². The van der Waals surface area contributed by atoms with Gasteiger partial charge in [0.25, 0.3) is 11.5 Å². The minimum atomic E-state index is -0.248. The number of rotatable bonds is 6. The Hall–Kier alpha value is -3.08. The monoisotopic (exact) mass is 336 g/mol. The molecule has 0 spiro atoms. The topological polar surface area (TPSA) is 62.4 Å². The van der Waals surface area contributed by atoms with E-state index in [1.54, 1.807) is 30.1 Å². The molecule has 0 radical (unpaired) electrons. The number of carbonyl (C=O) groups excluding carboxylic acids is 1. The van der Waals surface area contributed by atoms with Crippen LogP contribution >= 0.6 is 0 Å². The molecule has 1 N–H and O–H groups in total. The zero-order valence-electron chi connectivity index (χ0n) is 14.1. The number of aromatic amines is 1. The molecule has 0 bridgehead atoms. The number of benzene rings is 2. The number of nitrogens with zero attached hydrogens (tertiary/aromatic N) is 1. The Morgan fingerprint density at radius 1 is 1.08 bits per heavy atom. The van der Waals surface area contributed by atoms with Crippen molar-refractivity contribution in [3.05, 3.63) is 76.7 Å². The van der Waals surface area contributed by atoms with Gasteiger partial charge in [0.15, 0.2) is 0 Å². The van der Waals surface area contributed by atoms with Crippen LogP contribution in [0.25, 0.3) is 10.8 Å². The number of hydrogen-bond acceptors (Lipinski definition) is 3. The van der Waals surface area contributed by atoms with E-state index in [2.05, 4.69) is 4.98 Å². The maximum atomic E-state index is 12.5. The van der Waals surface area contributed by atoms with Crippen molar-refractivity contribution in [2.24, 2.45) is 0 Å². The molecule has 2 aromatic carbocycles. The van der Waals surface area contributed by atoms with E-state index in [1.165, 1.54) is 0 Å². The first kappa shape index (κ1) is 16.8. The smallest absolute Gasteiger partial charge is 0.270 e. The van der Waals surface area contributed by atoms with Crippen LogP contribution in [0.5, 0.6) is 5.75 Å². The second-order valence-corrected chi connectivity index (χ2v) is 5.84. The highest BCUT2D eigenvalue weighted by Crippen LogP contribution is 2.12. The van der Waals surface area contributed by atoms with Gasteiger partial charge in [-0.15, -0.1) is 0 Å². The molecule has 5 heteroatoms. The lowest BCUT2D eigenvalue weighted by Gasteiger charge is -2.17. The molecule has 0 saturated heterocycles. The first-order valence-electron chi connectivity index (χ1n) is 8.20. The lowest BCUT2D eigenvalue weighted by atomic mass is 10.1. The molecule has 3 rings (SSSR count). The van der Waals surface area contributed by atoms with Gasteiger partial charge in [-0.3, -0.25) is 9.59 Å². The third kappa shape index (κ3) is 4.07. The fourth-order valence-corrected chi connectivity index (χ4v) is 2.64. The highest BCUT2D eigenvalue weighted by molar-refractivity contribution is 5.96. The predicted molar refractivity (Wildman–Crippen MR) is 98.1 cm³/mol. The Morgan fingerprint density at radius 2 is 1.80 bits per heavy atom. The van der Waals surface area contributed by atoms with Crippen LogP contribution in [0.3, 0.4) is 0 Å². The molecule has 0 unspecified atom stereocenters. The van der Waals surface area contributed by atoms with Gasteiger partial charge < -0.3 is 14.6 Å². The maximum Gasteiger partial charge on any atom is 0.270 e. The van der Waals surface area contributed by atoms with Crippen LogP contribution in [0.15, 0.2) is 65.5 Å². The second kappa shape index (κ2) is 7.66. The van der Waals surface area contributed by atoms with Crippen molar-refractivity contribution < 1.29 is 9.53 Å². The predicted octanol–water partition coefficient (Wildman–Crippen LogP) is 3.07. The fourth-order valence-electron chi connectivity index (χ4n) is 2.64. The summed E-state index contributed by atoms with van der Waals surface area (Å²) in [4.78, 5) is 28.9. The molecule has 0 saturated carbocycles. The first-order valence-corrected chi connectivity index (χ1v) is 8.20. The average Bonchev–Trinajstić information content (AvgIpc) is 2.65. The molecule has 1 amide bonds. The second-order valence-electron chi connectivity index (χ2n) is 5.84. The first-order chi connectivity index (χ1) is 12.1. The van der Waals surface area contributed by atoms with Gasteiger partial charge >= 0.3 is 0 Å². The van der Waals surface area contributed by atoms with Crippen molar-refractivity contribution in [3.63, 3.8) is 0 Å². The van der Waals surface area contributed by atoms with E-state index in [0.29, 0.717) is 30.7 Å². The molecular weight excluding hydrogens is 316 g/mol. The highest BCUT2D eigenvalue weighted by atomic mass is 16.5. The summed E-state index contributed by atoms with van der Waals surface area (Å²) < 4.78 is 5.62. The van der Waals surface area contributed by atoms with Gasteiger partial charge in [0.2, 0.25) is 0 Å². The lowest BCUT2D eigenvalue weighted by molar-refractivity contribution is 0.0782. The van der Waals surface area contributed by atoms with E-state index in [-0.39, 0.29) is 11.5 Å². The number of aromatic nitrogens is 1. The summed E-state index contributed by atoms with van der Waals surface area (Å²) in [5.41, 5.74) is 0.0532. The third-order valence-corrected chi connectivity index (χ3v) is 3.98. The van der Waals surface area contributed by atoms with Gasteiger partial charge in [-0.25, -0.2) is 0 Å². The number of carbonyl (C=O) groups is 1. The van der Waals surface area contributed by atoms with E-state index < -0.39 is 0 Å². The molecule has 25 heavy (non-hydrogen) atoms. The normalized spacial score (nSPS) is 10.6. The summed E-state index contributed by atoms with van der Waals surface area (Å²) in [6.07, 6.45) is 0.703. The molecule has 0 aliphatic rings. The van der Waals surface area contributed by atoms with Crippen molar-refractivity contribution in [1.82, 2.24) is 9.88 Å².